The molecule has 0 unspecified atom stereocenters. The number of anilines is 1. The van der Waals surface area contributed by atoms with Gasteiger partial charge in [-0.25, -0.2) is 0 Å². The molecule has 6 heteroatoms. The zero-order valence-electron chi connectivity index (χ0n) is 15.5. The number of nitrogens with one attached hydrogen (secondary N) is 2. The number of amides is 2. The maximum atomic E-state index is 12.7. The minimum atomic E-state index is -0.299. The summed E-state index contributed by atoms with van der Waals surface area (Å²) in [6, 6.07) is 19.7. The van der Waals surface area contributed by atoms with Crippen LogP contribution in [0.3, 0.4) is 0 Å². The lowest BCUT2D eigenvalue weighted by atomic mass is 10.1. The number of fused-ring (bicyclic) bond motifs is 1. The van der Waals surface area contributed by atoms with Crippen molar-refractivity contribution in [3.05, 3.63) is 102 Å². The molecule has 4 aromatic rings. The quantitative estimate of drug-likeness (QED) is 0.550. The van der Waals surface area contributed by atoms with Gasteiger partial charge in [0.05, 0.1) is 11.2 Å². The number of rotatable bonds is 5. The van der Waals surface area contributed by atoms with Gasteiger partial charge in [-0.2, -0.15) is 0 Å². The normalized spacial score (nSPS) is 10.5. The number of pyridine rings is 2. The van der Waals surface area contributed by atoms with Gasteiger partial charge in [-0.15, -0.1) is 0 Å². The lowest BCUT2D eigenvalue weighted by molar-refractivity contribution is 0.0951. The minimum Gasteiger partial charge on any atom is -0.348 e. The molecule has 2 N–H and O–H groups in total. The van der Waals surface area contributed by atoms with Crippen molar-refractivity contribution in [2.45, 2.75) is 6.54 Å². The molecule has 0 spiro atoms. The van der Waals surface area contributed by atoms with E-state index in [1.54, 1.807) is 48.9 Å². The van der Waals surface area contributed by atoms with E-state index in [1.807, 2.05) is 36.4 Å². The summed E-state index contributed by atoms with van der Waals surface area (Å²) in [7, 11) is 0. The fourth-order valence-corrected chi connectivity index (χ4v) is 2.99. The van der Waals surface area contributed by atoms with E-state index in [9.17, 15) is 9.59 Å². The van der Waals surface area contributed by atoms with Gasteiger partial charge in [0.15, 0.2) is 0 Å². The Morgan fingerprint density at radius 1 is 0.793 bits per heavy atom. The summed E-state index contributed by atoms with van der Waals surface area (Å²) in [6.07, 6.45) is 5.04. The first kappa shape index (κ1) is 18.3. The lowest BCUT2D eigenvalue weighted by Gasteiger charge is -2.09. The second-order valence-electron chi connectivity index (χ2n) is 6.45. The molecule has 0 aliphatic carbocycles. The van der Waals surface area contributed by atoms with Gasteiger partial charge < -0.3 is 10.6 Å². The lowest BCUT2D eigenvalue weighted by Crippen LogP contribution is -2.23. The Hall–Kier alpha value is -4.06. The van der Waals surface area contributed by atoms with Crippen molar-refractivity contribution >= 4 is 28.4 Å². The predicted octanol–water partition coefficient (Wildman–Crippen LogP) is 3.81. The Morgan fingerprint density at radius 3 is 2.34 bits per heavy atom. The van der Waals surface area contributed by atoms with Crippen LogP contribution in [0.15, 0.2) is 85.3 Å². The van der Waals surface area contributed by atoms with Crippen molar-refractivity contribution in [1.82, 2.24) is 15.3 Å². The number of benzene rings is 2. The first-order valence-electron chi connectivity index (χ1n) is 9.13. The van der Waals surface area contributed by atoms with E-state index in [0.717, 1.165) is 16.5 Å². The van der Waals surface area contributed by atoms with Crippen molar-refractivity contribution in [2.24, 2.45) is 0 Å². The molecule has 2 heterocycles. The molecule has 0 radical (unpaired) electrons. The molecule has 0 fully saturated rings. The average Bonchev–Trinajstić information content (AvgIpc) is 2.78. The molecule has 29 heavy (non-hydrogen) atoms. The van der Waals surface area contributed by atoms with Crippen LogP contribution in [-0.4, -0.2) is 21.8 Å². The fraction of sp³-hybridized carbons (Fsp3) is 0.0435. The SMILES string of the molecule is O=C(NCc1ccncc1)c1cccc(C(=O)Nc2cccc3cccnc23)c1. The largest absolute Gasteiger partial charge is 0.348 e. The average molecular weight is 382 g/mol. The van der Waals surface area contributed by atoms with Gasteiger partial charge in [0, 0.05) is 41.6 Å². The van der Waals surface area contributed by atoms with Gasteiger partial charge in [0.2, 0.25) is 0 Å². The van der Waals surface area contributed by atoms with Crippen LogP contribution in [0.1, 0.15) is 26.3 Å². The maximum Gasteiger partial charge on any atom is 0.255 e. The second kappa shape index (κ2) is 8.31. The molecule has 6 nitrogen and oxygen atoms in total. The molecule has 142 valence electrons. The monoisotopic (exact) mass is 382 g/mol. The van der Waals surface area contributed by atoms with Crippen LogP contribution in [0.2, 0.25) is 0 Å². The van der Waals surface area contributed by atoms with Crippen LogP contribution in [0.25, 0.3) is 10.9 Å². The highest BCUT2D eigenvalue weighted by atomic mass is 16.2. The molecule has 4 rings (SSSR count). The zero-order chi connectivity index (χ0) is 20.1. The first-order valence-corrected chi connectivity index (χ1v) is 9.13. The van der Waals surface area contributed by atoms with Gasteiger partial charge in [0.1, 0.15) is 0 Å². The summed E-state index contributed by atoms with van der Waals surface area (Å²) in [6.45, 7) is 0.388. The van der Waals surface area contributed by atoms with Gasteiger partial charge >= 0.3 is 0 Å². The van der Waals surface area contributed by atoms with Gasteiger partial charge in [-0.05, 0) is 48.0 Å². The molecule has 0 aliphatic heterocycles. The van der Waals surface area contributed by atoms with Crippen LogP contribution in [0, 0.1) is 0 Å². The minimum absolute atomic E-state index is 0.247. The van der Waals surface area contributed by atoms with E-state index in [2.05, 4.69) is 20.6 Å². The number of para-hydroxylation sites is 1. The zero-order valence-corrected chi connectivity index (χ0v) is 15.5. The van der Waals surface area contributed by atoms with E-state index in [0.29, 0.717) is 23.4 Å². The third-order valence-corrected chi connectivity index (χ3v) is 4.47. The summed E-state index contributed by atoms with van der Waals surface area (Å²) >= 11 is 0. The highest BCUT2D eigenvalue weighted by molar-refractivity contribution is 6.09. The maximum absolute atomic E-state index is 12.7. The predicted molar refractivity (Wildman–Crippen MR) is 112 cm³/mol. The Bertz CT molecular complexity index is 1170. The number of hydrogen-bond donors (Lipinski definition) is 2. The Labute approximate surface area is 167 Å². The Balaban J connectivity index is 1.49. The summed E-state index contributed by atoms with van der Waals surface area (Å²) in [5, 5.41) is 6.67. The number of hydrogen-bond acceptors (Lipinski definition) is 4. The highest BCUT2D eigenvalue weighted by Crippen LogP contribution is 2.21. The van der Waals surface area contributed by atoms with Crippen LogP contribution >= 0.6 is 0 Å². The number of carbonyl (C=O) groups is 2. The van der Waals surface area contributed by atoms with E-state index in [-0.39, 0.29) is 11.8 Å². The summed E-state index contributed by atoms with van der Waals surface area (Å²) in [4.78, 5) is 33.5. The van der Waals surface area contributed by atoms with E-state index in [1.165, 1.54) is 0 Å². The number of nitrogens with zero attached hydrogens (tertiary/aromatic N) is 2. The molecule has 2 amide bonds. The molecule has 0 saturated carbocycles. The van der Waals surface area contributed by atoms with Crippen molar-refractivity contribution in [3.63, 3.8) is 0 Å². The molecule has 0 aliphatic rings. The highest BCUT2D eigenvalue weighted by Gasteiger charge is 2.12. The topological polar surface area (TPSA) is 84.0 Å². The smallest absolute Gasteiger partial charge is 0.255 e. The number of aromatic nitrogens is 2. The third kappa shape index (κ3) is 4.27. The van der Waals surface area contributed by atoms with Crippen LogP contribution in [0.5, 0.6) is 0 Å². The molecule has 0 bridgehead atoms. The molecular formula is C23H18N4O2. The van der Waals surface area contributed by atoms with E-state index in [4.69, 9.17) is 0 Å². The first-order chi connectivity index (χ1) is 14.2. The van der Waals surface area contributed by atoms with E-state index < -0.39 is 0 Å². The second-order valence-corrected chi connectivity index (χ2v) is 6.45. The molecule has 2 aromatic heterocycles. The van der Waals surface area contributed by atoms with Crippen LogP contribution in [-0.2, 0) is 6.54 Å². The van der Waals surface area contributed by atoms with Crippen molar-refractivity contribution in [2.75, 3.05) is 5.32 Å². The van der Waals surface area contributed by atoms with E-state index >= 15 is 0 Å². The van der Waals surface area contributed by atoms with Crippen molar-refractivity contribution in [1.29, 1.82) is 0 Å². The van der Waals surface area contributed by atoms with Crippen LogP contribution < -0.4 is 10.6 Å². The molecule has 2 aromatic carbocycles. The van der Waals surface area contributed by atoms with Crippen molar-refractivity contribution < 1.29 is 9.59 Å². The third-order valence-electron chi connectivity index (χ3n) is 4.47. The summed E-state index contributed by atoms with van der Waals surface area (Å²) in [5.74, 6) is -0.546. The summed E-state index contributed by atoms with van der Waals surface area (Å²) in [5.41, 5.74) is 3.11. The van der Waals surface area contributed by atoms with Gasteiger partial charge in [0.25, 0.3) is 11.8 Å². The van der Waals surface area contributed by atoms with Crippen molar-refractivity contribution in [3.8, 4) is 0 Å². The Morgan fingerprint density at radius 2 is 1.52 bits per heavy atom. The molecule has 0 atom stereocenters. The standard InChI is InChI=1S/C23H18N4O2/c28-22(26-15-16-9-12-24-13-10-16)18-5-1-6-19(14-18)23(29)27-20-8-2-4-17-7-3-11-25-21(17)20/h1-14H,15H2,(H,26,28)(H,27,29). The Kier molecular flexibility index (Phi) is 5.25. The van der Waals surface area contributed by atoms with Gasteiger partial charge in [-0.3, -0.25) is 19.6 Å². The molecule has 0 saturated heterocycles. The molecular weight excluding hydrogens is 364 g/mol. The summed E-state index contributed by atoms with van der Waals surface area (Å²) < 4.78 is 0. The number of carbonyl (C=O) groups excluding carboxylic acids is 2. The van der Waals surface area contributed by atoms with Crippen LogP contribution in [0.4, 0.5) is 5.69 Å². The van der Waals surface area contributed by atoms with Gasteiger partial charge in [-0.1, -0.05) is 24.3 Å². The fourth-order valence-electron chi connectivity index (χ4n) is 2.99.